The van der Waals surface area contributed by atoms with Crippen molar-refractivity contribution in [1.82, 2.24) is 4.72 Å². The van der Waals surface area contributed by atoms with E-state index in [0.717, 1.165) is 0 Å². The summed E-state index contributed by atoms with van der Waals surface area (Å²) in [4.78, 5) is 0.0539. The van der Waals surface area contributed by atoms with Crippen LogP contribution in [0.1, 0.15) is 12.2 Å². The molecule has 3 N–H and O–H groups in total. The Hall–Kier alpha value is -0.450. The van der Waals surface area contributed by atoms with Crippen molar-refractivity contribution in [1.29, 1.82) is 0 Å². The molecule has 0 aromatic carbocycles. The quantitative estimate of drug-likeness (QED) is 0.591. The maximum atomic E-state index is 12.0. The molecule has 0 atom stereocenters. The van der Waals surface area contributed by atoms with Crippen molar-refractivity contribution >= 4 is 26.0 Å². The lowest BCUT2D eigenvalue weighted by molar-refractivity contribution is 0.0699. The van der Waals surface area contributed by atoms with Crippen molar-refractivity contribution < 1.29 is 22.3 Å². The van der Waals surface area contributed by atoms with Crippen molar-refractivity contribution in [2.24, 2.45) is 5.73 Å². The van der Waals surface area contributed by atoms with E-state index in [4.69, 9.17) is 19.6 Å². The summed E-state index contributed by atoms with van der Waals surface area (Å²) in [6, 6.07) is 1.40. The van der Waals surface area contributed by atoms with Gasteiger partial charge >= 0.3 is 0 Å². The smallest absolute Gasteiger partial charge is 0.244 e. The van der Waals surface area contributed by atoms with Gasteiger partial charge in [-0.25, -0.2) is 13.1 Å². The zero-order valence-electron chi connectivity index (χ0n) is 11.2. The number of rotatable bonds is 10. The molecular weight excluding hydrogens is 352 g/mol. The third kappa shape index (κ3) is 5.51. The summed E-state index contributed by atoms with van der Waals surface area (Å²) in [7, 11) is -2.01. The number of furan rings is 1. The van der Waals surface area contributed by atoms with Gasteiger partial charge in [0, 0.05) is 26.3 Å². The summed E-state index contributed by atoms with van der Waals surface area (Å²) >= 11 is 3.06. The van der Waals surface area contributed by atoms with E-state index in [1.54, 1.807) is 7.11 Å². The van der Waals surface area contributed by atoms with Gasteiger partial charge in [-0.3, -0.25) is 0 Å². The van der Waals surface area contributed by atoms with E-state index in [0.29, 0.717) is 32.0 Å². The van der Waals surface area contributed by atoms with Gasteiger partial charge in [0.05, 0.1) is 19.8 Å². The fourth-order valence-corrected chi connectivity index (χ4v) is 3.45. The monoisotopic (exact) mass is 370 g/mol. The molecule has 0 saturated carbocycles. The number of hydrogen-bond acceptors (Lipinski definition) is 6. The second kappa shape index (κ2) is 8.75. The molecule has 0 spiro atoms. The van der Waals surface area contributed by atoms with Crippen LogP contribution in [0.3, 0.4) is 0 Å². The van der Waals surface area contributed by atoms with Crippen molar-refractivity contribution in [2.45, 2.75) is 17.9 Å². The van der Waals surface area contributed by atoms with Crippen LogP contribution >= 0.6 is 15.9 Å². The molecule has 1 aromatic heterocycles. The van der Waals surface area contributed by atoms with Crippen LogP contribution in [0.2, 0.25) is 0 Å². The first kappa shape index (κ1) is 17.6. The Morgan fingerprint density at radius 3 is 2.75 bits per heavy atom. The minimum atomic E-state index is -3.60. The summed E-state index contributed by atoms with van der Waals surface area (Å²) in [6.07, 6.45) is 0.572. The zero-order chi connectivity index (χ0) is 15.0. The van der Waals surface area contributed by atoms with Crippen LogP contribution in [-0.4, -0.2) is 41.9 Å². The molecule has 1 rings (SSSR count). The maximum Gasteiger partial charge on any atom is 0.244 e. The molecular formula is C11H19BrN2O5S. The topological polar surface area (TPSA) is 104 Å². The first-order chi connectivity index (χ1) is 9.51. The van der Waals surface area contributed by atoms with Gasteiger partial charge in [-0.1, -0.05) is 0 Å². The first-order valence-electron chi connectivity index (χ1n) is 6.06. The van der Waals surface area contributed by atoms with Crippen LogP contribution in [0.25, 0.3) is 0 Å². The van der Waals surface area contributed by atoms with Gasteiger partial charge in [0.15, 0.2) is 4.67 Å². The Labute approximate surface area is 127 Å². The normalized spacial score (nSPS) is 11.9. The molecule has 0 unspecified atom stereocenters. The Morgan fingerprint density at radius 1 is 1.40 bits per heavy atom. The number of hydrogen-bond donors (Lipinski definition) is 2. The number of methoxy groups -OCH3 is 1. The lowest BCUT2D eigenvalue weighted by Gasteiger charge is -2.06. The molecule has 0 radical (unpaired) electrons. The van der Waals surface area contributed by atoms with Gasteiger partial charge in [0.2, 0.25) is 10.0 Å². The highest BCUT2D eigenvalue weighted by atomic mass is 79.9. The van der Waals surface area contributed by atoms with Crippen LogP contribution in [0.5, 0.6) is 0 Å². The molecule has 20 heavy (non-hydrogen) atoms. The van der Waals surface area contributed by atoms with E-state index in [1.165, 1.54) is 6.07 Å². The molecule has 0 aliphatic carbocycles. The number of nitrogens with one attached hydrogen (secondary N) is 1. The number of sulfonamides is 1. The Balaban J connectivity index is 2.40. The number of halogens is 1. The van der Waals surface area contributed by atoms with E-state index in [9.17, 15) is 8.42 Å². The highest BCUT2D eigenvalue weighted by Crippen LogP contribution is 2.25. The minimum absolute atomic E-state index is 0.0539. The Bertz CT molecular complexity index is 503. The lowest BCUT2D eigenvalue weighted by atomic mass is 10.5. The fraction of sp³-hybridized carbons (Fsp3) is 0.636. The number of nitrogens with two attached hydrogens (primary N) is 1. The average Bonchev–Trinajstić information content (AvgIpc) is 2.80. The highest BCUT2D eigenvalue weighted by molar-refractivity contribution is 9.10. The molecule has 0 aliphatic rings. The molecule has 7 nitrogen and oxygen atoms in total. The van der Waals surface area contributed by atoms with Crippen LogP contribution in [-0.2, 0) is 26.0 Å². The van der Waals surface area contributed by atoms with Gasteiger partial charge < -0.3 is 19.6 Å². The van der Waals surface area contributed by atoms with Crippen molar-refractivity contribution in [2.75, 3.05) is 33.5 Å². The summed E-state index contributed by atoms with van der Waals surface area (Å²) in [6.45, 7) is 1.91. The minimum Gasteiger partial charge on any atom is -0.452 e. The van der Waals surface area contributed by atoms with Crippen LogP contribution in [0.4, 0.5) is 0 Å². The van der Waals surface area contributed by atoms with Gasteiger partial charge in [-0.2, -0.15) is 0 Å². The SMILES string of the molecule is COCCOCCCNS(=O)(=O)c1cc(CN)oc1Br. The molecule has 0 bridgehead atoms. The van der Waals surface area contributed by atoms with Gasteiger partial charge in [0.25, 0.3) is 0 Å². The van der Waals surface area contributed by atoms with Crippen LogP contribution in [0, 0.1) is 0 Å². The second-order valence-corrected chi connectivity index (χ2v) is 6.37. The maximum absolute atomic E-state index is 12.0. The summed E-state index contributed by atoms with van der Waals surface area (Å²) in [5.74, 6) is 0.403. The Kier molecular flexibility index (Phi) is 7.70. The molecule has 0 saturated heterocycles. The summed E-state index contributed by atoms with van der Waals surface area (Å²) in [5, 5.41) is 0. The number of ether oxygens (including phenoxy) is 2. The molecule has 1 aromatic rings. The lowest BCUT2D eigenvalue weighted by Crippen LogP contribution is -2.25. The van der Waals surface area contributed by atoms with Crippen molar-refractivity contribution in [3.05, 3.63) is 16.5 Å². The second-order valence-electron chi connectivity index (χ2n) is 3.91. The van der Waals surface area contributed by atoms with Gasteiger partial charge in [-0.15, -0.1) is 0 Å². The predicted octanol–water partition coefficient (Wildman–Crippen LogP) is 0.832. The van der Waals surface area contributed by atoms with Gasteiger partial charge in [-0.05, 0) is 22.4 Å². The molecule has 0 amide bonds. The van der Waals surface area contributed by atoms with Gasteiger partial charge in [0.1, 0.15) is 10.7 Å². The summed E-state index contributed by atoms with van der Waals surface area (Å²) < 4.78 is 41.9. The third-order valence-electron chi connectivity index (χ3n) is 2.39. The fourth-order valence-electron chi connectivity index (χ4n) is 1.38. The average molecular weight is 371 g/mol. The van der Waals surface area contributed by atoms with E-state index in [2.05, 4.69) is 20.7 Å². The zero-order valence-corrected chi connectivity index (χ0v) is 13.6. The molecule has 1 heterocycles. The van der Waals surface area contributed by atoms with Crippen molar-refractivity contribution in [3.63, 3.8) is 0 Å². The molecule has 0 aliphatic heterocycles. The van der Waals surface area contributed by atoms with E-state index >= 15 is 0 Å². The third-order valence-corrected chi connectivity index (χ3v) is 4.70. The van der Waals surface area contributed by atoms with Crippen molar-refractivity contribution in [3.8, 4) is 0 Å². The van der Waals surface area contributed by atoms with Crippen LogP contribution < -0.4 is 10.5 Å². The van der Waals surface area contributed by atoms with E-state index in [-0.39, 0.29) is 22.7 Å². The highest BCUT2D eigenvalue weighted by Gasteiger charge is 2.21. The predicted molar refractivity (Wildman–Crippen MR) is 76.8 cm³/mol. The molecule has 0 fully saturated rings. The Morgan fingerprint density at radius 2 is 2.15 bits per heavy atom. The van der Waals surface area contributed by atoms with E-state index in [1.807, 2.05) is 0 Å². The largest absolute Gasteiger partial charge is 0.452 e. The molecule has 9 heteroatoms. The first-order valence-corrected chi connectivity index (χ1v) is 8.33. The van der Waals surface area contributed by atoms with E-state index < -0.39 is 10.0 Å². The summed E-state index contributed by atoms with van der Waals surface area (Å²) in [5.41, 5.74) is 5.40. The standard InChI is InChI=1S/C11H19BrN2O5S/c1-17-5-6-18-4-2-3-14-20(15,16)10-7-9(8-13)19-11(10)12/h7,14H,2-6,8,13H2,1H3. The molecule has 116 valence electrons. The van der Waals surface area contributed by atoms with Crippen LogP contribution in [0.15, 0.2) is 20.0 Å².